The number of rotatable bonds is 1. The van der Waals surface area contributed by atoms with E-state index in [2.05, 4.69) is 15.9 Å². The standard InChI is InChI=1S/C8H7BBrNO2S/c10-6-3-5(9(12)13)7(11)8-4(6)1-2-14-8/h1-3,12-13H,11H2. The number of hydrogen-bond donors (Lipinski definition) is 3. The molecule has 0 aliphatic heterocycles. The first-order chi connectivity index (χ1) is 6.61. The SMILES string of the molecule is Nc1c(B(O)O)cc(Br)c2ccsc12. The molecule has 72 valence electrons. The molecule has 0 aliphatic rings. The highest BCUT2D eigenvalue weighted by Gasteiger charge is 2.18. The number of hydrogen-bond acceptors (Lipinski definition) is 4. The van der Waals surface area contributed by atoms with Gasteiger partial charge in [0.25, 0.3) is 0 Å². The van der Waals surface area contributed by atoms with Crippen molar-refractivity contribution < 1.29 is 10.0 Å². The zero-order valence-electron chi connectivity index (χ0n) is 7.07. The summed E-state index contributed by atoms with van der Waals surface area (Å²) in [4.78, 5) is 0. The van der Waals surface area contributed by atoms with Crippen molar-refractivity contribution in [3.05, 3.63) is 22.0 Å². The second-order valence-electron chi connectivity index (χ2n) is 2.90. The van der Waals surface area contributed by atoms with Gasteiger partial charge in [-0.15, -0.1) is 11.3 Å². The number of benzene rings is 1. The normalized spacial score (nSPS) is 10.8. The minimum absolute atomic E-state index is 0.340. The van der Waals surface area contributed by atoms with Crippen molar-refractivity contribution in [3.63, 3.8) is 0 Å². The molecule has 0 saturated carbocycles. The third-order valence-electron chi connectivity index (χ3n) is 2.04. The van der Waals surface area contributed by atoms with E-state index in [0.717, 1.165) is 14.6 Å². The molecule has 1 aromatic carbocycles. The Kier molecular flexibility index (Phi) is 2.53. The molecule has 4 N–H and O–H groups in total. The van der Waals surface area contributed by atoms with Crippen molar-refractivity contribution >= 4 is 55.6 Å². The average Bonchev–Trinajstić information content (AvgIpc) is 2.59. The molecule has 1 aromatic heterocycles. The Morgan fingerprint density at radius 1 is 1.43 bits per heavy atom. The molecule has 3 nitrogen and oxygen atoms in total. The van der Waals surface area contributed by atoms with Crippen LogP contribution in [0.2, 0.25) is 0 Å². The summed E-state index contributed by atoms with van der Waals surface area (Å²) < 4.78 is 1.70. The van der Waals surface area contributed by atoms with Gasteiger partial charge in [-0.05, 0) is 17.5 Å². The summed E-state index contributed by atoms with van der Waals surface area (Å²) in [6, 6.07) is 3.57. The predicted octanol–water partition coefficient (Wildman–Crippen LogP) is 0.926. The molecule has 0 bridgehead atoms. The van der Waals surface area contributed by atoms with Crippen LogP contribution in [0.15, 0.2) is 22.0 Å². The van der Waals surface area contributed by atoms with E-state index in [0.29, 0.717) is 11.2 Å². The van der Waals surface area contributed by atoms with Gasteiger partial charge in [-0.3, -0.25) is 0 Å². The van der Waals surface area contributed by atoms with Crippen LogP contribution >= 0.6 is 27.3 Å². The van der Waals surface area contributed by atoms with E-state index in [1.807, 2.05) is 11.4 Å². The number of nitrogens with two attached hydrogens (primary N) is 1. The number of nitrogen functional groups attached to an aromatic ring is 1. The molecule has 2 aromatic rings. The minimum atomic E-state index is -1.53. The lowest BCUT2D eigenvalue weighted by atomic mass is 9.79. The van der Waals surface area contributed by atoms with Gasteiger partial charge in [-0.2, -0.15) is 0 Å². The van der Waals surface area contributed by atoms with Crippen LogP contribution in [0.4, 0.5) is 5.69 Å². The highest BCUT2D eigenvalue weighted by molar-refractivity contribution is 9.10. The molecular weight excluding hydrogens is 265 g/mol. The van der Waals surface area contributed by atoms with Crippen molar-refractivity contribution in [2.75, 3.05) is 5.73 Å². The summed E-state index contributed by atoms with van der Waals surface area (Å²) in [6.45, 7) is 0. The number of fused-ring (bicyclic) bond motifs is 1. The van der Waals surface area contributed by atoms with Gasteiger partial charge in [0, 0.05) is 21.0 Å². The van der Waals surface area contributed by atoms with E-state index in [1.54, 1.807) is 6.07 Å². The van der Waals surface area contributed by atoms with E-state index in [-0.39, 0.29) is 0 Å². The zero-order chi connectivity index (χ0) is 10.3. The molecule has 0 saturated heterocycles. The predicted molar refractivity (Wildman–Crippen MR) is 63.8 cm³/mol. The van der Waals surface area contributed by atoms with Gasteiger partial charge in [0.2, 0.25) is 0 Å². The van der Waals surface area contributed by atoms with Gasteiger partial charge in [0.15, 0.2) is 0 Å². The monoisotopic (exact) mass is 271 g/mol. The van der Waals surface area contributed by atoms with Crippen molar-refractivity contribution in [1.82, 2.24) is 0 Å². The maximum atomic E-state index is 9.09. The first-order valence-corrected chi connectivity index (χ1v) is 5.59. The van der Waals surface area contributed by atoms with E-state index in [9.17, 15) is 0 Å². The molecule has 2 rings (SSSR count). The molecule has 0 aliphatic carbocycles. The third-order valence-corrected chi connectivity index (χ3v) is 3.64. The van der Waals surface area contributed by atoms with Crippen molar-refractivity contribution in [3.8, 4) is 0 Å². The lowest BCUT2D eigenvalue weighted by Crippen LogP contribution is -2.32. The molecule has 0 radical (unpaired) electrons. The fourth-order valence-corrected chi connectivity index (χ4v) is 2.94. The highest BCUT2D eigenvalue weighted by Crippen LogP contribution is 2.31. The first-order valence-electron chi connectivity index (χ1n) is 3.92. The Bertz CT molecular complexity index is 485. The lowest BCUT2D eigenvalue weighted by molar-refractivity contribution is 0.426. The Hall–Kier alpha value is -0.555. The molecular formula is C8H7BBrNO2S. The summed E-state index contributed by atoms with van der Waals surface area (Å²) in [5.74, 6) is 0. The van der Waals surface area contributed by atoms with Crippen LogP contribution in [0, 0.1) is 0 Å². The average molecular weight is 272 g/mol. The summed E-state index contributed by atoms with van der Waals surface area (Å²) in [7, 11) is -1.53. The second kappa shape index (κ2) is 3.54. The maximum Gasteiger partial charge on any atom is 0.490 e. The minimum Gasteiger partial charge on any atom is -0.423 e. The van der Waals surface area contributed by atoms with Crippen LogP contribution in [-0.4, -0.2) is 17.2 Å². The number of anilines is 1. The summed E-state index contributed by atoms with van der Waals surface area (Å²) in [5.41, 5.74) is 6.58. The summed E-state index contributed by atoms with van der Waals surface area (Å²) in [5, 5.41) is 21.1. The fourth-order valence-electron chi connectivity index (χ4n) is 1.34. The number of halogens is 1. The molecule has 1 heterocycles. The van der Waals surface area contributed by atoms with Gasteiger partial charge in [0.05, 0.1) is 4.70 Å². The zero-order valence-corrected chi connectivity index (χ0v) is 9.47. The third kappa shape index (κ3) is 1.44. The summed E-state index contributed by atoms with van der Waals surface area (Å²) >= 11 is 4.84. The lowest BCUT2D eigenvalue weighted by Gasteiger charge is -2.06. The molecule has 0 fully saturated rings. The largest absolute Gasteiger partial charge is 0.490 e. The Balaban J connectivity index is 2.82. The van der Waals surface area contributed by atoms with Crippen LogP contribution in [0.3, 0.4) is 0 Å². The molecule has 0 unspecified atom stereocenters. The molecule has 6 heteroatoms. The van der Waals surface area contributed by atoms with Crippen molar-refractivity contribution in [1.29, 1.82) is 0 Å². The quantitative estimate of drug-likeness (QED) is 0.534. The van der Waals surface area contributed by atoms with Gasteiger partial charge in [-0.25, -0.2) is 0 Å². The smallest absolute Gasteiger partial charge is 0.423 e. The maximum absolute atomic E-state index is 9.09. The Morgan fingerprint density at radius 2 is 2.14 bits per heavy atom. The van der Waals surface area contributed by atoms with Crippen LogP contribution < -0.4 is 11.2 Å². The van der Waals surface area contributed by atoms with Gasteiger partial charge >= 0.3 is 7.12 Å². The second-order valence-corrected chi connectivity index (χ2v) is 4.67. The topological polar surface area (TPSA) is 66.5 Å². The van der Waals surface area contributed by atoms with Gasteiger partial charge < -0.3 is 15.8 Å². The fraction of sp³-hybridized carbons (Fsp3) is 0. The Morgan fingerprint density at radius 3 is 2.79 bits per heavy atom. The van der Waals surface area contributed by atoms with Crippen molar-refractivity contribution in [2.45, 2.75) is 0 Å². The molecule has 0 amide bonds. The van der Waals surface area contributed by atoms with E-state index >= 15 is 0 Å². The summed E-state index contributed by atoms with van der Waals surface area (Å²) in [6.07, 6.45) is 0. The van der Waals surface area contributed by atoms with Crippen LogP contribution in [0.1, 0.15) is 0 Å². The van der Waals surface area contributed by atoms with Crippen LogP contribution in [0.5, 0.6) is 0 Å². The van der Waals surface area contributed by atoms with Crippen LogP contribution in [-0.2, 0) is 0 Å². The van der Waals surface area contributed by atoms with E-state index in [4.69, 9.17) is 15.8 Å². The van der Waals surface area contributed by atoms with Crippen molar-refractivity contribution in [2.24, 2.45) is 0 Å². The molecule has 14 heavy (non-hydrogen) atoms. The van der Waals surface area contributed by atoms with Crippen LogP contribution in [0.25, 0.3) is 10.1 Å². The highest BCUT2D eigenvalue weighted by atomic mass is 79.9. The van der Waals surface area contributed by atoms with E-state index < -0.39 is 7.12 Å². The Labute approximate surface area is 93.4 Å². The molecule has 0 spiro atoms. The van der Waals surface area contributed by atoms with Gasteiger partial charge in [0.1, 0.15) is 0 Å². The van der Waals surface area contributed by atoms with Gasteiger partial charge in [-0.1, -0.05) is 15.9 Å². The number of thiophene rings is 1. The first kappa shape index (κ1) is 9.98. The van der Waals surface area contributed by atoms with E-state index in [1.165, 1.54) is 11.3 Å². The molecule has 0 atom stereocenters.